The van der Waals surface area contributed by atoms with Gasteiger partial charge in [0.2, 0.25) is 0 Å². The van der Waals surface area contributed by atoms with Crippen molar-refractivity contribution >= 4 is 0 Å². The van der Waals surface area contributed by atoms with Crippen LogP contribution in [0.15, 0.2) is 0 Å². The molecule has 0 bridgehead atoms. The molecule has 12 heavy (non-hydrogen) atoms. The number of hydrogen-bond acceptors (Lipinski definition) is 2. The predicted molar refractivity (Wildman–Crippen MR) is 51.3 cm³/mol. The molecule has 1 saturated carbocycles. The van der Waals surface area contributed by atoms with Crippen molar-refractivity contribution in [1.29, 1.82) is 0 Å². The van der Waals surface area contributed by atoms with Gasteiger partial charge in [-0.05, 0) is 39.2 Å². The van der Waals surface area contributed by atoms with E-state index in [1.54, 1.807) is 0 Å². The molecule has 1 aliphatic carbocycles. The van der Waals surface area contributed by atoms with Gasteiger partial charge >= 0.3 is 0 Å². The lowest BCUT2D eigenvalue weighted by molar-refractivity contribution is 0.0208. The minimum absolute atomic E-state index is 0.524. The summed E-state index contributed by atoms with van der Waals surface area (Å²) in [5, 5.41) is 3.33. The third kappa shape index (κ3) is 3.11. The van der Waals surface area contributed by atoms with E-state index in [1.807, 2.05) is 7.05 Å². The standard InChI is InChI=1S/C10H21NO/c1-3-7-12-10-6-4-5-9(8-10)11-2/h9-11H,3-8H2,1-2H3. The van der Waals surface area contributed by atoms with E-state index >= 15 is 0 Å². The summed E-state index contributed by atoms with van der Waals surface area (Å²) in [6, 6.07) is 0.695. The summed E-state index contributed by atoms with van der Waals surface area (Å²) in [5.74, 6) is 0. The molecular weight excluding hydrogens is 150 g/mol. The minimum Gasteiger partial charge on any atom is -0.378 e. The fourth-order valence-corrected chi connectivity index (χ4v) is 1.84. The fourth-order valence-electron chi connectivity index (χ4n) is 1.84. The largest absolute Gasteiger partial charge is 0.378 e. The Kier molecular flexibility index (Phi) is 4.62. The van der Waals surface area contributed by atoms with Crippen LogP contribution in [0.25, 0.3) is 0 Å². The Bertz CT molecular complexity index is 116. The van der Waals surface area contributed by atoms with Crippen LogP contribution in [0.2, 0.25) is 0 Å². The molecule has 1 aliphatic rings. The Morgan fingerprint density at radius 1 is 1.42 bits per heavy atom. The summed E-state index contributed by atoms with van der Waals surface area (Å²) in [5.41, 5.74) is 0. The van der Waals surface area contributed by atoms with Crippen LogP contribution in [0.4, 0.5) is 0 Å². The quantitative estimate of drug-likeness (QED) is 0.698. The fraction of sp³-hybridized carbons (Fsp3) is 1.00. The first-order valence-corrected chi connectivity index (χ1v) is 5.15. The third-order valence-corrected chi connectivity index (χ3v) is 2.59. The summed E-state index contributed by atoms with van der Waals surface area (Å²) in [6.45, 7) is 3.10. The molecule has 0 heterocycles. The van der Waals surface area contributed by atoms with Crippen LogP contribution < -0.4 is 5.32 Å². The van der Waals surface area contributed by atoms with Crippen molar-refractivity contribution in [3.05, 3.63) is 0 Å². The Morgan fingerprint density at radius 3 is 2.92 bits per heavy atom. The monoisotopic (exact) mass is 171 g/mol. The molecule has 0 spiro atoms. The highest BCUT2D eigenvalue weighted by Crippen LogP contribution is 2.20. The van der Waals surface area contributed by atoms with Crippen molar-refractivity contribution < 1.29 is 4.74 Å². The van der Waals surface area contributed by atoms with Gasteiger partial charge in [-0.25, -0.2) is 0 Å². The average Bonchev–Trinajstić information content (AvgIpc) is 2.15. The predicted octanol–water partition coefficient (Wildman–Crippen LogP) is 1.94. The van der Waals surface area contributed by atoms with Crippen molar-refractivity contribution in [2.24, 2.45) is 0 Å². The van der Waals surface area contributed by atoms with Crippen molar-refractivity contribution in [3.63, 3.8) is 0 Å². The van der Waals surface area contributed by atoms with Crippen molar-refractivity contribution in [2.75, 3.05) is 13.7 Å². The molecule has 1 fully saturated rings. The van der Waals surface area contributed by atoms with Crippen LogP contribution in [-0.2, 0) is 4.74 Å². The molecule has 1 N–H and O–H groups in total. The number of nitrogens with one attached hydrogen (secondary N) is 1. The first-order valence-electron chi connectivity index (χ1n) is 5.15. The van der Waals surface area contributed by atoms with Crippen molar-refractivity contribution in [1.82, 2.24) is 5.32 Å². The zero-order valence-electron chi connectivity index (χ0n) is 8.31. The molecule has 2 unspecified atom stereocenters. The molecule has 0 aromatic rings. The maximum absolute atomic E-state index is 5.72. The van der Waals surface area contributed by atoms with Gasteiger partial charge in [0, 0.05) is 12.6 Å². The lowest BCUT2D eigenvalue weighted by Crippen LogP contribution is -2.34. The Labute approximate surface area is 75.7 Å². The number of hydrogen-bond donors (Lipinski definition) is 1. The lowest BCUT2D eigenvalue weighted by Gasteiger charge is -2.28. The lowest BCUT2D eigenvalue weighted by atomic mass is 9.93. The Morgan fingerprint density at radius 2 is 2.25 bits per heavy atom. The molecule has 0 saturated heterocycles. The van der Waals surface area contributed by atoms with Crippen molar-refractivity contribution in [2.45, 2.75) is 51.2 Å². The van der Waals surface area contributed by atoms with Crippen LogP contribution in [-0.4, -0.2) is 25.8 Å². The Hall–Kier alpha value is -0.0800. The van der Waals surface area contributed by atoms with Gasteiger partial charge in [-0.2, -0.15) is 0 Å². The van der Waals surface area contributed by atoms with Crippen LogP contribution >= 0.6 is 0 Å². The van der Waals surface area contributed by atoms with Gasteiger partial charge < -0.3 is 10.1 Å². The molecule has 0 radical (unpaired) electrons. The van der Waals surface area contributed by atoms with Crippen molar-refractivity contribution in [3.8, 4) is 0 Å². The zero-order chi connectivity index (χ0) is 8.81. The average molecular weight is 171 g/mol. The van der Waals surface area contributed by atoms with Gasteiger partial charge in [-0.15, -0.1) is 0 Å². The van der Waals surface area contributed by atoms with Gasteiger partial charge in [0.05, 0.1) is 6.10 Å². The van der Waals surface area contributed by atoms with Gasteiger partial charge in [0.25, 0.3) is 0 Å². The van der Waals surface area contributed by atoms with Crippen LogP contribution in [0.1, 0.15) is 39.0 Å². The van der Waals surface area contributed by atoms with Crippen LogP contribution in [0.5, 0.6) is 0 Å². The highest BCUT2D eigenvalue weighted by Gasteiger charge is 2.20. The molecule has 2 heteroatoms. The van der Waals surface area contributed by atoms with E-state index in [0.29, 0.717) is 12.1 Å². The molecule has 0 amide bonds. The van der Waals surface area contributed by atoms with Gasteiger partial charge in [0.15, 0.2) is 0 Å². The van der Waals surface area contributed by atoms with E-state index in [4.69, 9.17) is 4.74 Å². The zero-order valence-corrected chi connectivity index (χ0v) is 8.31. The summed E-state index contributed by atoms with van der Waals surface area (Å²) in [7, 11) is 2.05. The van der Waals surface area contributed by atoms with E-state index in [9.17, 15) is 0 Å². The number of ether oxygens (including phenoxy) is 1. The summed E-state index contributed by atoms with van der Waals surface area (Å²) in [6.07, 6.45) is 6.77. The molecule has 0 aliphatic heterocycles. The second-order valence-electron chi connectivity index (χ2n) is 3.65. The summed E-state index contributed by atoms with van der Waals surface area (Å²) >= 11 is 0. The molecular formula is C10H21NO. The molecule has 0 aromatic carbocycles. The first-order chi connectivity index (χ1) is 5.86. The van der Waals surface area contributed by atoms with E-state index in [0.717, 1.165) is 13.0 Å². The van der Waals surface area contributed by atoms with Gasteiger partial charge in [-0.3, -0.25) is 0 Å². The van der Waals surface area contributed by atoms with E-state index in [-0.39, 0.29) is 0 Å². The van der Waals surface area contributed by atoms with Crippen LogP contribution in [0.3, 0.4) is 0 Å². The first kappa shape index (κ1) is 10.0. The minimum atomic E-state index is 0.524. The summed E-state index contributed by atoms with van der Waals surface area (Å²) < 4.78 is 5.72. The Balaban J connectivity index is 2.16. The molecule has 0 aromatic heterocycles. The maximum atomic E-state index is 5.72. The van der Waals surface area contributed by atoms with E-state index in [2.05, 4.69) is 12.2 Å². The highest BCUT2D eigenvalue weighted by molar-refractivity contribution is 4.76. The second kappa shape index (κ2) is 5.55. The maximum Gasteiger partial charge on any atom is 0.0590 e. The van der Waals surface area contributed by atoms with Gasteiger partial charge in [0.1, 0.15) is 0 Å². The smallest absolute Gasteiger partial charge is 0.0590 e. The summed E-state index contributed by atoms with van der Waals surface area (Å²) in [4.78, 5) is 0. The molecule has 72 valence electrons. The molecule has 2 atom stereocenters. The highest BCUT2D eigenvalue weighted by atomic mass is 16.5. The second-order valence-corrected chi connectivity index (χ2v) is 3.65. The third-order valence-electron chi connectivity index (χ3n) is 2.59. The van der Waals surface area contributed by atoms with E-state index in [1.165, 1.54) is 25.7 Å². The molecule has 2 nitrogen and oxygen atoms in total. The normalized spacial score (nSPS) is 30.5. The SMILES string of the molecule is CCCOC1CCCC(NC)C1. The van der Waals surface area contributed by atoms with Gasteiger partial charge in [-0.1, -0.05) is 6.92 Å². The topological polar surface area (TPSA) is 21.3 Å². The van der Waals surface area contributed by atoms with E-state index < -0.39 is 0 Å². The molecule has 1 rings (SSSR count). The van der Waals surface area contributed by atoms with Crippen LogP contribution in [0, 0.1) is 0 Å². The number of rotatable bonds is 4.